The zero-order valence-electron chi connectivity index (χ0n) is 11.2. The first kappa shape index (κ1) is 14.0. The van der Waals surface area contributed by atoms with Gasteiger partial charge < -0.3 is 15.2 Å². The van der Waals surface area contributed by atoms with Gasteiger partial charge in [-0.2, -0.15) is 0 Å². The Hall–Kier alpha value is -1.06. The van der Waals surface area contributed by atoms with Crippen LogP contribution in [0.2, 0.25) is 0 Å². The molecule has 17 heavy (non-hydrogen) atoms. The number of nitrogens with one attached hydrogen (secondary N) is 1. The summed E-state index contributed by atoms with van der Waals surface area (Å²) in [5.74, 6) is 1.45. The van der Waals surface area contributed by atoms with E-state index < -0.39 is 6.10 Å². The van der Waals surface area contributed by atoms with Gasteiger partial charge >= 0.3 is 0 Å². The average Bonchev–Trinajstić information content (AvgIpc) is 2.28. The average molecular weight is 237 g/mol. The van der Waals surface area contributed by atoms with Crippen molar-refractivity contribution < 1.29 is 9.84 Å². The van der Waals surface area contributed by atoms with Crippen molar-refractivity contribution in [2.75, 3.05) is 20.2 Å². The van der Waals surface area contributed by atoms with Gasteiger partial charge in [0.2, 0.25) is 0 Å². The highest BCUT2D eigenvalue weighted by Crippen LogP contribution is 2.22. The summed E-state index contributed by atoms with van der Waals surface area (Å²) in [6, 6.07) is 5.78. The van der Waals surface area contributed by atoms with Gasteiger partial charge in [0.1, 0.15) is 5.75 Å². The molecule has 1 atom stereocenters. The number of methoxy groups -OCH3 is 1. The van der Waals surface area contributed by atoms with Crippen molar-refractivity contribution in [3.63, 3.8) is 0 Å². The molecule has 1 aromatic rings. The van der Waals surface area contributed by atoms with E-state index in [2.05, 4.69) is 19.2 Å². The summed E-state index contributed by atoms with van der Waals surface area (Å²) in [5.41, 5.74) is 1.98. The van der Waals surface area contributed by atoms with E-state index in [1.54, 1.807) is 7.11 Å². The molecular formula is C14H23NO2. The standard InChI is InChI=1S/C14H23NO2/c1-10(2)8-15-9-13(16)12-5-6-14(17-4)11(3)7-12/h5-7,10,13,15-16H,8-9H2,1-4H3. The van der Waals surface area contributed by atoms with Crippen molar-refractivity contribution >= 4 is 0 Å². The number of hydrogen-bond donors (Lipinski definition) is 2. The monoisotopic (exact) mass is 237 g/mol. The van der Waals surface area contributed by atoms with Crippen LogP contribution in [-0.4, -0.2) is 25.3 Å². The largest absolute Gasteiger partial charge is 0.496 e. The molecule has 0 heterocycles. The second-order valence-corrected chi connectivity index (χ2v) is 4.80. The smallest absolute Gasteiger partial charge is 0.121 e. The number of aliphatic hydroxyl groups excluding tert-OH is 1. The van der Waals surface area contributed by atoms with Gasteiger partial charge in [0, 0.05) is 6.54 Å². The number of rotatable bonds is 6. The lowest BCUT2D eigenvalue weighted by molar-refractivity contribution is 0.173. The first-order valence-corrected chi connectivity index (χ1v) is 6.08. The van der Waals surface area contributed by atoms with Crippen molar-refractivity contribution in [3.05, 3.63) is 29.3 Å². The Balaban J connectivity index is 2.57. The van der Waals surface area contributed by atoms with Crippen LogP contribution in [0, 0.1) is 12.8 Å². The van der Waals surface area contributed by atoms with Crippen molar-refractivity contribution in [3.8, 4) is 5.75 Å². The molecule has 1 unspecified atom stereocenters. The quantitative estimate of drug-likeness (QED) is 0.797. The van der Waals surface area contributed by atoms with Crippen LogP contribution < -0.4 is 10.1 Å². The first-order valence-electron chi connectivity index (χ1n) is 6.08. The molecule has 0 aliphatic rings. The van der Waals surface area contributed by atoms with E-state index >= 15 is 0 Å². The molecule has 0 bridgehead atoms. The lowest BCUT2D eigenvalue weighted by Crippen LogP contribution is -2.25. The summed E-state index contributed by atoms with van der Waals surface area (Å²) >= 11 is 0. The SMILES string of the molecule is COc1ccc(C(O)CNCC(C)C)cc1C. The molecule has 2 N–H and O–H groups in total. The fourth-order valence-corrected chi connectivity index (χ4v) is 1.74. The highest BCUT2D eigenvalue weighted by atomic mass is 16.5. The second-order valence-electron chi connectivity index (χ2n) is 4.80. The van der Waals surface area contributed by atoms with Gasteiger partial charge in [-0.3, -0.25) is 0 Å². The predicted octanol–water partition coefficient (Wildman–Crippen LogP) is 2.28. The number of hydrogen-bond acceptors (Lipinski definition) is 3. The van der Waals surface area contributed by atoms with Crippen molar-refractivity contribution in [2.45, 2.75) is 26.9 Å². The lowest BCUT2D eigenvalue weighted by Gasteiger charge is -2.15. The summed E-state index contributed by atoms with van der Waals surface area (Å²) in [6.07, 6.45) is -0.460. The minimum Gasteiger partial charge on any atom is -0.496 e. The molecule has 0 fully saturated rings. The van der Waals surface area contributed by atoms with E-state index in [4.69, 9.17) is 4.74 Å². The molecule has 0 saturated carbocycles. The molecule has 0 saturated heterocycles. The van der Waals surface area contributed by atoms with Crippen molar-refractivity contribution in [1.29, 1.82) is 0 Å². The molecule has 1 aromatic carbocycles. The highest BCUT2D eigenvalue weighted by molar-refractivity contribution is 5.37. The van der Waals surface area contributed by atoms with E-state index in [1.807, 2.05) is 25.1 Å². The molecule has 96 valence electrons. The van der Waals surface area contributed by atoms with Crippen LogP contribution in [0.4, 0.5) is 0 Å². The molecular weight excluding hydrogens is 214 g/mol. The van der Waals surface area contributed by atoms with Crippen LogP contribution >= 0.6 is 0 Å². The van der Waals surface area contributed by atoms with Crippen molar-refractivity contribution in [1.82, 2.24) is 5.32 Å². The van der Waals surface area contributed by atoms with Crippen LogP contribution in [0.1, 0.15) is 31.1 Å². The number of aliphatic hydroxyl groups is 1. The first-order chi connectivity index (χ1) is 8.04. The third-order valence-corrected chi connectivity index (χ3v) is 2.69. The Bertz CT molecular complexity index is 350. The summed E-state index contributed by atoms with van der Waals surface area (Å²) < 4.78 is 5.20. The molecule has 0 aliphatic heterocycles. The summed E-state index contributed by atoms with van der Waals surface area (Å²) in [4.78, 5) is 0. The van der Waals surface area contributed by atoms with Crippen LogP contribution in [0.25, 0.3) is 0 Å². The summed E-state index contributed by atoms with van der Waals surface area (Å²) in [6.45, 7) is 7.79. The maximum absolute atomic E-state index is 10.0. The Morgan fingerprint density at radius 2 is 2.00 bits per heavy atom. The van der Waals surface area contributed by atoms with Gasteiger partial charge in [-0.25, -0.2) is 0 Å². The van der Waals surface area contributed by atoms with Gasteiger partial charge in [-0.15, -0.1) is 0 Å². The third-order valence-electron chi connectivity index (χ3n) is 2.69. The van der Waals surface area contributed by atoms with Gasteiger partial charge in [0.25, 0.3) is 0 Å². The molecule has 1 rings (SSSR count). The molecule has 3 heteroatoms. The Kier molecular flexibility index (Phi) is 5.45. The molecule has 0 aliphatic carbocycles. The number of aryl methyl sites for hydroxylation is 1. The van der Waals surface area contributed by atoms with Crippen LogP contribution in [0.5, 0.6) is 5.75 Å². The van der Waals surface area contributed by atoms with Gasteiger partial charge in [-0.1, -0.05) is 19.9 Å². The fraction of sp³-hybridized carbons (Fsp3) is 0.571. The van der Waals surface area contributed by atoms with E-state index in [1.165, 1.54) is 0 Å². The fourth-order valence-electron chi connectivity index (χ4n) is 1.74. The summed E-state index contributed by atoms with van der Waals surface area (Å²) in [7, 11) is 1.66. The van der Waals surface area contributed by atoms with Crippen LogP contribution in [-0.2, 0) is 0 Å². The Morgan fingerprint density at radius 1 is 1.29 bits per heavy atom. The van der Waals surface area contributed by atoms with E-state index in [0.29, 0.717) is 12.5 Å². The normalized spacial score (nSPS) is 12.8. The maximum Gasteiger partial charge on any atom is 0.121 e. The minimum absolute atomic E-state index is 0.460. The Morgan fingerprint density at radius 3 is 2.53 bits per heavy atom. The van der Waals surface area contributed by atoms with E-state index in [9.17, 15) is 5.11 Å². The minimum atomic E-state index is -0.460. The Labute approximate surface area is 104 Å². The van der Waals surface area contributed by atoms with E-state index in [-0.39, 0.29) is 0 Å². The predicted molar refractivity (Wildman–Crippen MR) is 70.4 cm³/mol. The molecule has 0 spiro atoms. The summed E-state index contributed by atoms with van der Waals surface area (Å²) in [5, 5.41) is 13.3. The van der Waals surface area contributed by atoms with Gasteiger partial charge in [0.05, 0.1) is 13.2 Å². The molecule has 3 nitrogen and oxygen atoms in total. The molecule has 0 amide bonds. The highest BCUT2D eigenvalue weighted by Gasteiger charge is 2.09. The maximum atomic E-state index is 10.0. The van der Waals surface area contributed by atoms with Gasteiger partial charge in [0.15, 0.2) is 0 Å². The number of benzene rings is 1. The van der Waals surface area contributed by atoms with Crippen LogP contribution in [0.15, 0.2) is 18.2 Å². The lowest BCUT2D eigenvalue weighted by atomic mass is 10.1. The second kappa shape index (κ2) is 6.62. The number of ether oxygens (including phenoxy) is 1. The van der Waals surface area contributed by atoms with Gasteiger partial charge in [-0.05, 0) is 42.6 Å². The zero-order chi connectivity index (χ0) is 12.8. The van der Waals surface area contributed by atoms with Crippen LogP contribution in [0.3, 0.4) is 0 Å². The zero-order valence-corrected chi connectivity index (χ0v) is 11.2. The molecule has 0 aromatic heterocycles. The van der Waals surface area contributed by atoms with Crippen molar-refractivity contribution in [2.24, 2.45) is 5.92 Å². The molecule has 0 radical (unpaired) electrons. The third kappa shape index (κ3) is 4.36. The van der Waals surface area contributed by atoms with E-state index in [0.717, 1.165) is 23.4 Å². The topological polar surface area (TPSA) is 41.5 Å².